The fourth-order valence-corrected chi connectivity index (χ4v) is 2.22. The molecule has 1 heterocycles. The van der Waals surface area contributed by atoms with Gasteiger partial charge < -0.3 is 19.3 Å². The van der Waals surface area contributed by atoms with Crippen LogP contribution in [0.3, 0.4) is 0 Å². The highest BCUT2D eigenvalue weighted by molar-refractivity contribution is 5.55. The van der Waals surface area contributed by atoms with Gasteiger partial charge in [-0.2, -0.15) is 0 Å². The molecule has 0 saturated heterocycles. The number of aliphatic hydroxyl groups is 1. The van der Waals surface area contributed by atoms with Crippen molar-refractivity contribution in [3.8, 4) is 11.5 Å². The molecule has 17 heavy (non-hydrogen) atoms. The Hall–Kier alpha value is -1.26. The molecule has 0 amide bonds. The second-order valence-electron chi connectivity index (χ2n) is 4.59. The monoisotopic (exact) mass is 236 g/mol. The van der Waals surface area contributed by atoms with Crippen LogP contribution in [0.25, 0.3) is 0 Å². The summed E-state index contributed by atoms with van der Waals surface area (Å²) in [6, 6.07) is 3.87. The van der Waals surface area contributed by atoms with Crippen molar-refractivity contribution >= 4 is 0 Å². The first-order valence-corrected chi connectivity index (χ1v) is 5.88. The smallest absolute Gasteiger partial charge is 0.167 e. The van der Waals surface area contributed by atoms with Crippen molar-refractivity contribution in [2.24, 2.45) is 0 Å². The van der Waals surface area contributed by atoms with Gasteiger partial charge in [0.1, 0.15) is 13.2 Å². The summed E-state index contributed by atoms with van der Waals surface area (Å²) in [5.74, 6) is 1.43. The van der Waals surface area contributed by atoms with Crippen LogP contribution in [0.15, 0.2) is 12.1 Å². The first kappa shape index (κ1) is 10.9. The molecule has 1 N–H and O–H groups in total. The third-order valence-corrected chi connectivity index (χ3v) is 3.29. The van der Waals surface area contributed by atoms with E-state index < -0.39 is 5.60 Å². The van der Waals surface area contributed by atoms with Gasteiger partial charge in [0.25, 0.3) is 0 Å². The van der Waals surface area contributed by atoms with E-state index in [-0.39, 0.29) is 0 Å². The summed E-state index contributed by atoms with van der Waals surface area (Å²) >= 11 is 0. The standard InChI is InChI=1S/C13H16O4/c1-15-8-9-2-3-10(13(14)4-5-13)12-11(9)16-6-7-17-12/h2-3,14H,4-8H2,1H3. The van der Waals surface area contributed by atoms with Crippen molar-refractivity contribution < 1.29 is 19.3 Å². The maximum Gasteiger partial charge on any atom is 0.167 e. The van der Waals surface area contributed by atoms with E-state index in [4.69, 9.17) is 14.2 Å². The van der Waals surface area contributed by atoms with Crippen LogP contribution in [0.4, 0.5) is 0 Å². The molecular weight excluding hydrogens is 220 g/mol. The van der Waals surface area contributed by atoms with Crippen LogP contribution in [-0.2, 0) is 16.9 Å². The zero-order valence-electron chi connectivity index (χ0n) is 9.86. The average molecular weight is 236 g/mol. The van der Waals surface area contributed by atoms with E-state index in [0.717, 1.165) is 29.7 Å². The lowest BCUT2D eigenvalue weighted by Crippen LogP contribution is -2.20. The zero-order valence-corrected chi connectivity index (χ0v) is 9.86. The fourth-order valence-electron chi connectivity index (χ4n) is 2.22. The van der Waals surface area contributed by atoms with Crippen molar-refractivity contribution in [1.82, 2.24) is 0 Å². The Balaban J connectivity index is 2.07. The maximum absolute atomic E-state index is 10.2. The molecule has 0 bridgehead atoms. The Bertz CT molecular complexity index is 437. The van der Waals surface area contributed by atoms with Crippen molar-refractivity contribution in [3.63, 3.8) is 0 Å². The van der Waals surface area contributed by atoms with Gasteiger partial charge in [0.15, 0.2) is 11.5 Å². The summed E-state index contributed by atoms with van der Waals surface area (Å²) < 4.78 is 16.5. The minimum absolute atomic E-state index is 0.490. The molecule has 1 fully saturated rings. The highest BCUT2D eigenvalue weighted by Crippen LogP contribution is 2.52. The van der Waals surface area contributed by atoms with Crippen LogP contribution in [0.2, 0.25) is 0 Å². The second kappa shape index (κ2) is 3.89. The molecule has 92 valence electrons. The average Bonchev–Trinajstić information content (AvgIpc) is 3.09. The molecule has 1 aromatic rings. The summed E-state index contributed by atoms with van der Waals surface area (Å²) in [4.78, 5) is 0. The molecule has 3 rings (SSSR count). The molecule has 0 spiro atoms. The van der Waals surface area contributed by atoms with Gasteiger partial charge in [0, 0.05) is 18.2 Å². The minimum Gasteiger partial charge on any atom is -0.486 e. The summed E-state index contributed by atoms with van der Waals surface area (Å²) in [6.07, 6.45) is 1.60. The quantitative estimate of drug-likeness (QED) is 0.865. The van der Waals surface area contributed by atoms with Gasteiger partial charge in [-0.25, -0.2) is 0 Å². The highest BCUT2D eigenvalue weighted by Gasteiger charge is 2.45. The van der Waals surface area contributed by atoms with Crippen LogP contribution in [0.5, 0.6) is 11.5 Å². The summed E-state index contributed by atoms with van der Waals surface area (Å²) in [7, 11) is 1.65. The van der Waals surface area contributed by atoms with Gasteiger partial charge >= 0.3 is 0 Å². The lowest BCUT2D eigenvalue weighted by atomic mass is 10.0. The van der Waals surface area contributed by atoms with E-state index in [1.165, 1.54) is 0 Å². The SMILES string of the molecule is COCc1ccc(C2(O)CC2)c2c1OCCO2. The third kappa shape index (κ3) is 1.77. The van der Waals surface area contributed by atoms with E-state index in [1.54, 1.807) is 7.11 Å². The van der Waals surface area contributed by atoms with Gasteiger partial charge in [-0.1, -0.05) is 12.1 Å². The van der Waals surface area contributed by atoms with Crippen LogP contribution in [0, 0.1) is 0 Å². The number of hydrogen-bond acceptors (Lipinski definition) is 4. The topological polar surface area (TPSA) is 47.9 Å². The number of ether oxygens (including phenoxy) is 3. The van der Waals surface area contributed by atoms with Gasteiger partial charge in [-0.3, -0.25) is 0 Å². The summed E-state index contributed by atoms with van der Waals surface area (Å²) in [5.41, 5.74) is 1.12. The van der Waals surface area contributed by atoms with Crippen LogP contribution >= 0.6 is 0 Å². The largest absolute Gasteiger partial charge is 0.486 e. The Morgan fingerprint density at radius 3 is 2.59 bits per heavy atom. The molecule has 0 unspecified atom stereocenters. The van der Waals surface area contributed by atoms with Gasteiger partial charge in [0.2, 0.25) is 0 Å². The molecule has 1 aliphatic carbocycles. The third-order valence-electron chi connectivity index (χ3n) is 3.29. The minimum atomic E-state index is -0.698. The van der Waals surface area contributed by atoms with Crippen LogP contribution < -0.4 is 9.47 Å². The lowest BCUT2D eigenvalue weighted by molar-refractivity contribution is 0.126. The first-order valence-electron chi connectivity index (χ1n) is 5.88. The molecule has 0 aromatic heterocycles. The van der Waals surface area contributed by atoms with Crippen LogP contribution in [-0.4, -0.2) is 25.4 Å². The molecular formula is C13H16O4. The highest BCUT2D eigenvalue weighted by atomic mass is 16.6. The normalized spacial score (nSPS) is 20.1. The molecule has 1 aromatic carbocycles. The zero-order chi connectivity index (χ0) is 11.9. The Morgan fingerprint density at radius 1 is 1.24 bits per heavy atom. The molecule has 1 saturated carbocycles. The van der Waals surface area contributed by atoms with Gasteiger partial charge in [0.05, 0.1) is 12.2 Å². The number of methoxy groups -OCH3 is 1. The molecule has 4 heteroatoms. The summed E-state index contributed by atoms with van der Waals surface area (Å²) in [5, 5.41) is 10.2. The van der Waals surface area contributed by atoms with Gasteiger partial charge in [-0.05, 0) is 12.8 Å². The first-order chi connectivity index (χ1) is 8.24. The fraction of sp³-hybridized carbons (Fsp3) is 0.538. The van der Waals surface area contributed by atoms with Crippen LogP contribution in [0.1, 0.15) is 24.0 Å². The van der Waals surface area contributed by atoms with Gasteiger partial charge in [-0.15, -0.1) is 0 Å². The van der Waals surface area contributed by atoms with E-state index in [9.17, 15) is 5.11 Å². The maximum atomic E-state index is 10.2. The second-order valence-corrected chi connectivity index (χ2v) is 4.59. The molecule has 0 radical (unpaired) electrons. The molecule has 2 aliphatic rings. The van der Waals surface area contributed by atoms with E-state index >= 15 is 0 Å². The lowest BCUT2D eigenvalue weighted by Gasteiger charge is -2.25. The predicted octanol–water partition coefficient (Wildman–Crippen LogP) is 1.59. The number of benzene rings is 1. The number of fused-ring (bicyclic) bond motifs is 1. The van der Waals surface area contributed by atoms with Crippen molar-refractivity contribution in [2.75, 3.05) is 20.3 Å². The predicted molar refractivity (Wildman–Crippen MR) is 61.3 cm³/mol. The summed E-state index contributed by atoms with van der Waals surface area (Å²) in [6.45, 7) is 1.57. The van der Waals surface area contributed by atoms with E-state index in [0.29, 0.717) is 25.6 Å². The van der Waals surface area contributed by atoms with Crippen molar-refractivity contribution in [3.05, 3.63) is 23.3 Å². The van der Waals surface area contributed by atoms with E-state index in [1.807, 2.05) is 12.1 Å². The van der Waals surface area contributed by atoms with E-state index in [2.05, 4.69) is 0 Å². The Morgan fingerprint density at radius 2 is 1.94 bits per heavy atom. The number of hydrogen-bond donors (Lipinski definition) is 1. The Kier molecular flexibility index (Phi) is 2.49. The molecule has 1 aliphatic heterocycles. The van der Waals surface area contributed by atoms with Crippen molar-refractivity contribution in [2.45, 2.75) is 25.0 Å². The molecule has 4 nitrogen and oxygen atoms in total. The number of rotatable bonds is 3. The van der Waals surface area contributed by atoms with Crippen molar-refractivity contribution in [1.29, 1.82) is 0 Å². The Labute approximate surface area is 100 Å². The molecule has 0 atom stereocenters.